The molecule has 0 unspecified atom stereocenters. The number of carbonyl (C=O) groups is 2. The Balaban J connectivity index is 1.44. The fourth-order valence-electron chi connectivity index (χ4n) is 4.32. The van der Waals surface area contributed by atoms with Gasteiger partial charge in [0.05, 0.1) is 17.4 Å². The lowest BCUT2D eigenvalue weighted by molar-refractivity contribution is -0.140. The predicted molar refractivity (Wildman–Crippen MR) is 97.5 cm³/mol. The zero-order chi connectivity index (χ0) is 17.4. The molecule has 0 bridgehead atoms. The molecule has 6 nitrogen and oxygen atoms in total. The molecule has 2 fully saturated rings. The summed E-state index contributed by atoms with van der Waals surface area (Å²) in [5.41, 5.74) is 1.21. The van der Waals surface area contributed by atoms with Gasteiger partial charge in [-0.15, -0.1) is 0 Å². The summed E-state index contributed by atoms with van der Waals surface area (Å²) >= 11 is 0. The molecule has 25 heavy (non-hydrogen) atoms. The van der Waals surface area contributed by atoms with Crippen molar-refractivity contribution in [3.05, 3.63) is 24.3 Å². The maximum Gasteiger partial charge on any atom is 0.250 e. The van der Waals surface area contributed by atoms with Crippen molar-refractivity contribution >= 4 is 23.2 Å². The Morgan fingerprint density at radius 2 is 1.84 bits per heavy atom. The van der Waals surface area contributed by atoms with Crippen LogP contribution in [0, 0.1) is 0 Å². The van der Waals surface area contributed by atoms with E-state index in [2.05, 4.69) is 15.5 Å². The van der Waals surface area contributed by atoms with Crippen LogP contribution in [0.3, 0.4) is 0 Å². The van der Waals surface area contributed by atoms with Crippen LogP contribution in [0.1, 0.15) is 32.1 Å². The van der Waals surface area contributed by atoms with Crippen LogP contribution in [-0.2, 0) is 9.59 Å². The van der Waals surface area contributed by atoms with Gasteiger partial charge in [-0.05, 0) is 51.4 Å². The number of amides is 2. The highest BCUT2D eigenvalue weighted by Crippen LogP contribution is 2.36. The minimum Gasteiger partial charge on any atom is -0.369 e. The molecule has 0 saturated carbocycles. The summed E-state index contributed by atoms with van der Waals surface area (Å²) in [5.74, 6) is 0.252. The first-order chi connectivity index (χ1) is 12.1. The SMILES string of the molecule is CN1CCCC[C@@H]1C(=O)N1CCC2(CC1)Nc1ccccc1NC2=O. The van der Waals surface area contributed by atoms with E-state index in [1.54, 1.807) is 0 Å². The topological polar surface area (TPSA) is 64.7 Å². The molecule has 3 aliphatic rings. The summed E-state index contributed by atoms with van der Waals surface area (Å²) in [6, 6.07) is 7.79. The van der Waals surface area contributed by atoms with Gasteiger partial charge in [0.1, 0.15) is 5.54 Å². The van der Waals surface area contributed by atoms with Crippen LogP contribution in [0.4, 0.5) is 11.4 Å². The fourth-order valence-corrected chi connectivity index (χ4v) is 4.32. The molecule has 1 atom stereocenters. The Bertz CT molecular complexity index is 682. The number of anilines is 2. The van der Waals surface area contributed by atoms with E-state index >= 15 is 0 Å². The van der Waals surface area contributed by atoms with E-state index in [9.17, 15) is 9.59 Å². The lowest BCUT2D eigenvalue weighted by Crippen LogP contribution is -2.60. The zero-order valence-electron chi connectivity index (χ0n) is 14.8. The fraction of sp³-hybridized carbons (Fsp3) is 0.579. The molecule has 0 aliphatic carbocycles. The first kappa shape index (κ1) is 16.4. The van der Waals surface area contributed by atoms with Crippen LogP contribution in [0.5, 0.6) is 0 Å². The number of likely N-dealkylation sites (tertiary alicyclic amines) is 2. The van der Waals surface area contributed by atoms with Crippen molar-refractivity contribution in [2.24, 2.45) is 0 Å². The van der Waals surface area contributed by atoms with Gasteiger partial charge in [0.15, 0.2) is 0 Å². The van der Waals surface area contributed by atoms with Crippen LogP contribution in [0.2, 0.25) is 0 Å². The monoisotopic (exact) mass is 342 g/mol. The Morgan fingerprint density at radius 3 is 2.56 bits per heavy atom. The second kappa shape index (κ2) is 6.33. The smallest absolute Gasteiger partial charge is 0.250 e. The molecular formula is C19H26N4O2. The number of likely N-dealkylation sites (N-methyl/N-ethyl adjacent to an activating group) is 1. The third kappa shape index (κ3) is 2.88. The molecule has 0 aromatic heterocycles. The first-order valence-corrected chi connectivity index (χ1v) is 9.27. The zero-order valence-corrected chi connectivity index (χ0v) is 14.8. The van der Waals surface area contributed by atoms with Crippen LogP contribution in [0.15, 0.2) is 24.3 Å². The third-order valence-corrected chi connectivity index (χ3v) is 5.97. The predicted octanol–water partition coefficient (Wildman–Crippen LogP) is 1.90. The van der Waals surface area contributed by atoms with Crippen LogP contribution < -0.4 is 10.6 Å². The standard InChI is InChI=1S/C19H26N4O2/c1-22-11-5-4-8-16(22)17(24)23-12-9-19(10-13-23)18(25)20-14-6-2-3-7-15(14)21-19/h2-3,6-7,16,21H,4-5,8-13H2,1H3,(H,20,25)/t16-/m1/s1. The van der Waals surface area contributed by atoms with E-state index < -0.39 is 5.54 Å². The van der Waals surface area contributed by atoms with Crippen molar-refractivity contribution < 1.29 is 9.59 Å². The van der Waals surface area contributed by atoms with Gasteiger partial charge in [-0.3, -0.25) is 14.5 Å². The Labute approximate surface area is 148 Å². The molecule has 3 aliphatic heterocycles. The summed E-state index contributed by atoms with van der Waals surface area (Å²) < 4.78 is 0. The van der Waals surface area contributed by atoms with E-state index in [0.717, 1.165) is 30.8 Å². The molecule has 6 heteroatoms. The molecule has 1 aromatic rings. The lowest BCUT2D eigenvalue weighted by atomic mass is 9.84. The number of para-hydroxylation sites is 2. The van der Waals surface area contributed by atoms with Gasteiger partial charge in [0.25, 0.3) is 0 Å². The van der Waals surface area contributed by atoms with Gasteiger partial charge < -0.3 is 15.5 Å². The third-order valence-electron chi connectivity index (χ3n) is 5.97. The number of nitrogens with zero attached hydrogens (tertiary/aromatic N) is 2. The Kier molecular flexibility index (Phi) is 4.15. The summed E-state index contributed by atoms with van der Waals surface area (Å²) in [6.07, 6.45) is 4.54. The molecule has 0 radical (unpaired) electrons. The minimum absolute atomic E-state index is 0.0108. The van der Waals surface area contributed by atoms with Gasteiger partial charge >= 0.3 is 0 Å². The van der Waals surface area contributed by atoms with E-state index in [1.165, 1.54) is 6.42 Å². The summed E-state index contributed by atoms with van der Waals surface area (Å²) in [7, 11) is 2.04. The highest BCUT2D eigenvalue weighted by atomic mass is 16.2. The Hall–Kier alpha value is -2.08. The van der Waals surface area contributed by atoms with Crippen molar-refractivity contribution in [3.8, 4) is 0 Å². The number of nitrogens with one attached hydrogen (secondary N) is 2. The molecule has 3 heterocycles. The van der Waals surface area contributed by atoms with E-state index in [0.29, 0.717) is 25.9 Å². The van der Waals surface area contributed by atoms with Crippen molar-refractivity contribution in [2.75, 3.05) is 37.3 Å². The van der Waals surface area contributed by atoms with Crippen molar-refractivity contribution in [1.82, 2.24) is 9.80 Å². The number of piperidine rings is 2. The highest BCUT2D eigenvalue weighted by molar-refractivity contribution is 6.06. The molecule has 2 saturated heterocycles. The molecule has 2 amide bonds. The van der Waals surface area contributed by atoms with Crippen molar-refractivity contribution in [2.45, 2.75) is 43.7 Å². The molecule has 134 valence electrons. The second-order valence-corrected chi connectivity index (χ2v) is 7.52. The molecule has 2 N–H and O–H groups in total. The summed E-state index contributed by atoms with van der Waals surface area (Å²) in [6.45, 7) is 2.26. The normalized spacial score (nSPS) is 25.9. The number of fused-ring (bicyclic) bond motifs is 1. The largest absolute Gasteiger partial charge is 0.369 e. The maximum absolute atomic E-state index is 12.9. The van der Waals surface area contributed by atoms with E-state index in [1.807, 2.05) is 36.2 Å². The van der Waals surface area contributed by atoms with E-state index in [-0.39, 0.29) is 17.9 Å². The molecular weight excluding hydrogens is 316 g/mol. The van der Waals surface area contributed by atoms with E-state index in [4.69, 9.17) is 0 Å². The number of hydrogen-bond acceptors (Lipinski definition) is 4. The van der Waals surface area contributed by atoms with Crippen molar-refractivity contribution in [3.63, 3.8) is 0 Å². The summed E-state index contributed by atoms with van der Waals surface area (Å²) in [5, 5.41) is 6.47. The minimum atomic E-state index is -0.594. The average Bonchev–Trinajstić information content (AvgIpc) is 2.63. The number of hydrogen-bond donors (Lipinski definition) is 2. The van der Waals surface area contributed by atoms with Gasteiger partial charge in [-0.2, -0.15) is 0 Å². The van der Waals surface area contributed by atoms with Crippen LogP contribution >= 0.6 is 0 Å². The van der Waals surface area contributed by atoms with Crippen LogP contribution in [-0.4, -0.2) is 59.9 Å². The number of rotatable bonds is 1. The van der Waals surface area contributed by atoms with Gasteiger partial charge in [0, 0.05) is 13.1 Å². The lowest BCUT2D eigenvalue weighted by Gasteiger charge is -2.45. The number of benzene rings is 1. The number of carbonyl (C=O) groups excluding carboxylic acids is 2. The quantitative estimate of drug-likeness (QED) is 0.818. The molecule has 1 spiro atoms. The Morgan fingerprint density at radius 1 is 1.12 bits per heavy atom. The van der Waals surface area contributed by atoms with Gasteiger partial charge in [0.2, 0.25) is 11.8 Å². The summed E-state index contributed by atoms with van der Waals surface area (Å²) in [4.78, 5) is 29.7. The highest BCUT2D eigenvalue weighted by Gasteiger charge is 2.45. The average molecular weight is 342 g/mol. The maximum atomic E-state index is 12.9. The molecule has 1 aromatic carbocycles. The van der Waals surface area contributed by atoms with Gasteiger partial charge in [-0.1, -0.05) is 18.6 Å². The van der Waals surface area contributed by atoms with Gasteiger partial charge in [-0.25, -0.2) is 0 Å². The van der Waals surface area contributed by atoms with Crippen molar-refractivity contribution in [1.29, 1.82) is 0 Å². The van der Waals surface area contributed by atoms with Crippen LogP contribution in [0.25, 0.3) is 0 Å². The first-order valence-electron chi connectivity index (χ1n) is 9.27. The molecule has 4 rings (SSSR count). The second-order valence-electron chi connectivity index (χ2n) is 7.52.